The van der Waals surface area contributed by atoms with Crippen molar-refractivity contribution >= 4 is 5.91 Å². The van der Waals surface area contributed by atoms with Gasteiger partial charge in [-0.15, -0.1) is 0 Å². The fourth-order valence-corrected chi connectivity index (χ4v) is 1.12. The van der Waals surface area contributed by atoms with E-state index in [1.54, 1.807) is 0 Å². The van der Waals surface area contributed by atoms with E-state index in [0.29, 0.717) is 11.8 Å². The van der Waals surface area contributed by atoms with Crippen molar-refractivity contribution in [2.75, 3.05) is 26.7 Å². The van der Waals surface area contributed by atoms with Crippen LogP contribution in [-0.4, -0.2) is 37.5 Å². The molecule has 0 bridgehead atoms. The summed E-state index contributed by atoms with van der Waals surface area (Å²) in [6.07, 6.45) is 1.64. The highest BCUT2D eigenvalue weighted by atomic mass is 16.1. The Balaban J connectivity index is 3.50. The first-order valence-electron chi connectivity index (χ1n) is 5.80. The first kappa shape index (κ1) is 14.4. The Morgan fingerprint density at radius 1 is 1.33 bits per heavy atom. The van der Waals surface area contributed by atoms with E-state index in [2.05, 4.69) is 37.9 Å². The number of nitrogens with one attached hydrogen (secondary N) is 1. The molecule has 3 nitrogen and oxygen atoms in total. The van der Waals surface area contributed by atoms with Crippen LogP contribution in [-0.2, 0) is 4.79 Å². The molecular weight excluding hydrogens is 188 g/mol. The van der Waals surface area contributed by atoms with Crippen LogP contribution in [0.25, 0.3) is 0 Å². The van der Waals surface area contributed by atoms with Gasteiger partial charge in [-0.3, -0.25) is 4.79 Å². The molecular formula is C12H26N2O. The van der Waals surface area contributed by atoms with Crippen LogP contribution in [0.4, 0.5) is 0 Å². The number of carbonyl (C=O) groups is 1. The molecule has 0 rings (SSSR count). The molecule has 0 aromatic rings. The lowest BCUT2D eigenvalue weighted by atomic mass is 9.92. The van der Waals surface area contributed by atoms with E-state index in [-0.39, 0.29) is 5.91 Å². The Kier molecular flexibility index (Phi) is 6.57. The lowest BCUT2D eigenvalue weighted by molar-refractivity contribution is -0.121. The molecule has 1 amide bonds. The highest BCUT2D eigenvalue weighted by molar-refractivity contribution is 5.75. The van der Waals surface area contributed by atoms with Crippen molar-refractivity contribution in [3.05, 3.63) is 0 Å². The van der Waals surface area contributed by atoms with Crippen molar-refractivity contribution in [3.63, 3.8) is 0 Å². The number of carbonyl (C=O) groups excluding carboxylic acids is 1. The summed E-state index contributed by atoms with van der Waals surface area (Å²) in [5.41, 5.74) is 0.299. The number of hydrogen-bond acceptors (Lipinski definition) is 2. The summed E-state index contributed by atoms with van der Waals surface area (Å²) >= 11 is 0. The molecule has 0 saturated carbocycles. The summed E-state index contributed by atoms with van der Waals surface area (Å²) in [6.45, 7) is 11.3. The summed E-state index contributed by atoms with van der Waals surface area (Å²) < 4.78 is 0. The predicted octanol–water partition coefficient (Wildman–Crippen LogP) is 1.88. The van der Waals surface area contributed by atoms with E-state index in [1.165, 1.54) is 0 Å². The summed E-state index contributed by atoms with van der Waals surface area (Å²) in [5.74, 6) is 0.166. The first-order valence-corrected chi connectivity index (χ1v) is 5.80. The van der Waals surface area contributed by atoms with Crippen LogP contribution < -0.4 is 5.32 Å². The maximum atomic E-state index is 11.4. The summed E-state index contributed by atoms with van der Waals surface area (Å²) in [7, 11) is 2.03. The molecule has 1 N–H and O–H groups in total. The van der Waals surface area contributed by atoms with Gasteiger partial charge in [0.15, 0.2) is 0 Å². The van der Waals surface area contributed by atoms with Crippen molar-refractivity contribution in [2.24, 2.45) is 5.41 Å². The molecule has 0 heterocycles. The molecule has 15 heavy (non-hydrogen) atoms. The minimum Gasteiger partial charge on any atom is -0.356 e. The fourth-order valence-electron chi connectivity index (χ4n) is 1.12. The number of rotatable bonds is 6. The molecule has 0 aromatic carbocycles. The second-order valence-corrected chi connectivity index (χ2v) is 5.31. The second kappa shape index (κ2) is 6.83. The minimum atomic E-state index is 0.166. The van der Waals surface area contributed by atoms with Crippen LogP contribution in [0.3, 0.4) is 0 Å². The van der Waals surface area contributed by atoms with Crippen LogP contribution >= 0.6 is 0 Å². The van der Waals surface area contributed by atoms with Gasteiger partial charge in [-0.05, 0) is 25.4 Å². The molecule has 3 heteroatoms. The predicted molar refractivity (Wildman–Crippen MR) is 64.9 cm³/mol. The molecule has 0 saturated heterocycles. The van der Waals surface area contributed by atoms with Gasteiger partial charge < -0.3 is 10.2 Å². The number of amides is 1. The first-order chi connectivity index (χ1) is 6.85. The lowest BCUT2D eigenvalue weighted by Crippen LogP contribution is -2.30. The zero-order valence-corrected chi connectivity index (χ0v) is 10.9. The van der Waals surface area contributed by atoms with Crippen LogP contribution in [0.5, 0.6) is 0 Å². The fraction of sp³-hybridized carbons (Fsp3) is 0.917. The topological polar surface area (TPSA) is 32.3 Å². The molecule has 0 atom stereocenters. The van der Waals surface area contributed by atoms with E-state index in [9.17, 15) is 4.79 Å². The molecule has 0 spiro atoms. The van der Waals surface area contributed by atoms with Gasteiger partial charge in [0.1, 0.15) is 0 Å². The van der Waals surface area contributed by atoms with Gasteiger partial charge in [0, 0.05) is 19.5 Å². The Bertz CT molecular complexity index is 185. The molecule has 0 aliphatic carbocycles. The molecule has 0 aromatic heterocycles. The van der Waals surface area contributed by atoms with Crippen molar-refractivity contribution < 1.29 is 4.79 Å². The molecule has 0 aliphatic heterocycles. The van der Waals surface area contributed by atoms with Gasteiger partial charge in [0.05, 0.1) is 0 Å². The average molecular weight is 214 g/mol. The van der Waals surface area contributed by atoms with Crippen LogP contribution in [0.2, 0.25) is 0 Å². The Morgan fingerprint density at radius 2 is 1.93 bits per heavy atom. The molecule has 0 fully saturated rings. The Hall–Kier alpha value is -0.570. The molecule has 90 valence electrons. The SMILES string of the molecule is CCN(C)CCC(=O)NCCC(C)(C)C. The zero-order chi connectivity index (χ0) is 11.9. The maximum absolute atomic E-state index is 11.4. The van der Waals surface area contributed by atoms with Gasteiger partial charge in [0.2, 0.25) is 5.91 Å². The van der Waals surface area contributed by atoms with Crippen molar-refractivity contribution in [2.45, 2.75) is 40.5 Å². The van der Waals surface area contributed by atoms with Crippen LogP contribution in [0, 0.1) is 5.41 Å². The van der Waals surface area contributed by atoms with Crippen LogP contribution in [0.15, 0.2) is 0 Å². The van der Waals surface area contributed by atoms with E-state index in [4.69, 9.17) is 0 Å². The quantitative estimate of drug-likeness (QED) is 0.732. The van der Waals surface area contributed by atoms with Gasteiger partial charge in [0.25, 0.3) is 0 Å². The Morgan fingerprint density at radius 3 is 2.40 bits per heavy atom. The third kappa shape index (κ3) is 9.73. The maximum Gasteiger partial charge on any atom is 0.221 e. The number of hydrogen-bond donors (Lipinski definition) is 1. The lowest BCUT2D eigenvalue weighted by Gasteiger charge is -2.18. The van der Waals surface area contributed by atoms with Gasteiger partial charge >= 0.3 is 0 Å². The van der Waals surface area contributed by atoms with E-state index < -0.39 is 0 Å². The van der Waals surface area contributed by atoms with E-state index in [1.807, 2.05) is 7.05 Å². The Labute approximate surface area is 94.2 Å². The highest BCUT2D eigenvalue weighted by Crippen LogP contribution is 2.16. The standard InChI is InChI=1S/C12H26N2O/c1-6-14(5)10-7-11(15)13-9-8-12(2,3)4/h6-10H2,1-5H3,(H,13,15). The zero-order valence-electron chi connectivity index (χ0n) is 10.9. The summed E-state index contributed by atoms with van der Waals surface area (Å²) in [5, 5.41) is 2.95. The van der Waals surface area contributed by atoms with E-state index in [0.717, 1.165) is 26.1 Å². The third-order valence-electron chi connectivity index (χ3n) is 2.46. The van der Waals surface area contributed by atoms with Crippen molar-refractivity contribution in [3.8, 4) is 0 Å². The molecule has 0 radical (unpaired) electrons. The van der Waals surface area contributed by atoms with E-state index >= 15 is 0 Å². The van der Waals surface area contributed by atoms with Crippen molar-refractivity contribution in [1.82, 2.24) is 10.2 Å². The largest absolute Gasteiger partial charge is 0.356 e. The van der Waals surface area contributed by atoms with Gasteiger partial charge in [-0.1, -0.05) is 27.7 Å². The third-order valence-corrected chi connectivity index (χ3v) is 2.46. The number of nitrogens with zero attached hydrogens (tertiary/aromatic N) is 1. The highest BCUT2D eigenvalue weighted by Gasteiger charge is 2.10. The second-order valence-electron chi connectivity index (χ2n) is 5.31. The van der Waals surface area contributed by atoms with Crippen LogP contribution in [0.1, 0.15) is 40.5 Å². The normalized spacial score (nSPS) is 11.9. The molecule has 0 aliphatic rings. The molecule has 0 unspecified atom stereocenters. The summed E-state index contributed by atoms with van der Waals surface area (Å²) in [4.78, 5) is 13.6. The average Bonchev–Trinajstić information content (AvgIpc) is 2.12. The summed E-state index contributed by atoms with van der Waals surface area (Å²) in [6, 6.07) is 0. The minimum absolute atomic E-state index is 0.166. The monoisotopic (exact) mass is 214 g/mol. The van der Waals surface area contributed by atoms with Crippen molar-refractivity contribution in [1.29, 1.82) is 0 Å². The van der Waals surface area contributed by atoms with Gasteiger partial charge in [-0.25, -0.2) is 0 Å². The smallest absolute Gasteiger partial charge is 0.221 e. The van der Waals surface area contributed by atoms with Gasteiger partial charge in [-0.2, -0.15) is 0 Å².